The largest absolute Gasteiger partial charge is 0.496 e. The third-order valence-electron chi connectivity index (χ3n) is 6.09. The van der Waals surface area contributed by atoms with Gasteiger partial charge >= 0.3 is 5.69 Å². The van der Waals surface area contributed by atoms with Crippen LogP contribution in [0.5, 0.6) is 5.75 Å². The molecule has 32 heavy (non-hydrogen) atoms. The number of hydrogen-bond acceptors (Lipinski definition) is 4. The molecule has 1 aliphatic heterocycles. The molecule has 7 nitrogen and oxygen atoms in total. The number of fused-ring (bicyclic) bond motifs is 3. The van der Waals surface area contributed by atoms with Crippen LogP contribution in [0.3, 0.4) is 0 Å². The molecule has 8 heteroatoms. The first-order valence-electron chi connectivity index (χ1n) is 10.3. The van der Waals surface area contributed by atoms with E-state index in [0.29, 0.717) is 34.8 Å². The lowest BCUT2D eigenvalue weighted by Gasteiger charge is -2.28. The second-order valence-electron chi connectivity index (χ2n) is 7.81. The molecule has 164 valence electrons. The highest BCUT2D eigenvalue weighted by Crippen LogP contribution is 2.42. The number of benzene rings is 2. The van der Waals surface area contributed by atoms with Crippen LogP contribution in [0.2, 0.25) is 5.02 Å². The van der Waals surface area contributed by atoms with Crippen molar-refractivity contribution in [2.24, 2.45) is 14.1 Å². The molecule has 4 aromatic rings. The molecule has 2 aromatic carbocycles. The van der Waals surface area contributed by atoms with E-state index in [1.54, 1.807) is 26.3 Å². The second kappa shape index (κ2) is 7.69. The van der Waals surface area contributed by atoms with Crippen molar-refractivity contribution in [2.45, 2.75) is 12.6 Å². The van der Waals surface area contributed by atoms with Crippen molar-refractivity contribution < 1.29 is 9.47 Å². The van der Waals surface area contributed by atoms with Crippen LogP contribution in [0.4, 0.5) is 0 Å². The van der Waals surface area contributed by atoms with Crippen molar-refractivity contribution in [2.75, 3.05) is 13.7 Å². The minimum Gasteiger partial charge on any atom is -0.496 e. The summed E-state index contributed by atoms with van der Waals surface area (Å²) in [6.45, 7) is 0.997. The number of para-hydroxylation sites is 1. The van der Waals surface area contributed by atoms with Gasteiger partial charge in [0.15, 0.2) is 0 Å². The molecule has 1 atom stereocenters. The summed E-state index contributed by atoms with van der Waals surface area (Å²) in [5.74, 6) is 0.683. The Kier molecular flexibility index (Phi) is 4.95. The highest BCUT2D eigenvalue weighted by atomic mass is 35.5. The van der Waals surface area contributed by atoms with Gasteiger partial charge in [-0.15, -0.1) is 0 Å². The smallest absolute Gasteiger partial charge is 0.331 e. The quantitative estimate of drug-likeness (QED) is 0.478. The fraction of sp³-hybridized carbons (Fsp3) is 0.250. The first-order valence-corrected chi connectivity index (χ1v) is 10.6. The lowest BCUT2D eigenvalue weighted by Crippen LogP contribution is -2.37. The molecule has 0 amide bonds. The molecular weight excluding hydrogens is 430 g/mol. The lowest BCUT2D eigenvalue weighted by molar-refractivity contribution is 0.0464. The molecule has 1 aliphatic rings. The molecule has 0 unspecified atom stereocenters. The number of nitrogens with zero attached hydrogens (tertiary/aromatic N) is 3. The Morgan fingerprint density at radius 3 is 2.47 bits per heavy atom. The van der Waals surface area contributed by atoms with Gasteiger partial charge in [-0.05, 0) is 23.8 Å². The summed E-state index contributed by atoms with van der Waals surface area (Å²) < 4.78 is 16.6. The fourth-order valence-corrected chi connectivity index (χ4v) is 4.73. The van der Waals surface area contributed by atoms with Gasteiger partial charge in [0, 0.05) is 31.2 Å². The Balaban J connectivity index is 1.94. The Morgan fingerprint density at radius 1 is 1.03 bits per heavy atom. The first kappa shape index (κ1) is 20.6. The fourth-order valence-electron chi connectivity index (χ4n) is 4.61. The van der Waals surface area contributed by atoms with Crippen LogP contribution < -0.4 is 16.0 Å². The predicted molar refractivity (Wildman–Crippen MR) is 124 cm³/mol. The normalized spacial score (nSPS) is 15.7. The van der Waals surface area contributed by atoms with Gasteiger partial charge in [0.25, 0.3) is 5.56 Å². The molecule has 0 saturated heterocycles. The second-order valence-corrected chi connectivity index (χ2v) is 8.25. The molecule has 0 radical (unpaired) electrons. The van der Waals surface area contributed by atoms with E-state index in [-0.39, 0.29) is 11.2 Å². The van der Waals surface area contributed by atoms with E-state index < -0.39 is 6.10 Å². The van der Waals surface area contributed by atoms with Gasteiger partial charge in [-0.3, -0.25) is 13.9 Å². The third kappa shape index (κ3) is 2.92. The van der Waals surface area contributed by atoms with Crippen molar-refractivity contribution in [3.63, 3.8) is 0 Å². The number of methoxy groups -OCH3 is 1. The van der Waals surface area contributed by atoms with E-state index in [9.17, 15) is 9.59 Å². The van der Waals surface area contributed by atoms with Crippen LogP contribution in [-0.4, -0.2) is 27.4 Å². The number of hydrogen-bond donors (Lipinski definition) is 0. The monoisotopic (exact) mass is 451 g/mol. The zero-order chi connectivity index (χ0) is 22.6. The Morgan fingerprint density at radius 2 is 1.75 bits per heavy atom. The van der Waals surface area contributed by atoms with Crippen LogP contribution in [0, 0.1) is 0 Å². The van der Waals surface area contributed by atoms with Crippen molar-refractivity contribution in [1.29, 1.82) is 0 Å². The number of halogens is 1. The molecular formula is C24H22ClN3O4. The van der Waals surface area contributed by atoms with Gasteiger partial charge in [-0.25, -0.2) is 4.79 Å². The van der Waals surface area contributed by atoms with Crippen LogP contribution in [0.25, 0.3) is 22.2 Å². The summed E-state index contributed by atoms with van der Waals surface area (Å²) in [6.07, 6.45) is -0.499. The maximum atomic E-state index is 13.4. The van der Waals surface area contributed by atoms with Gasteiger partial charge in [0.05, 0.1) is 36.0 Å². The van der Waals surface area contributed by atoms with E-state index >= 15 is 0 Å². The van der Waals surface area contributed by atoms with E-state index in [0.717, 1.165) is 27.1 Å². The summed E-state index contributed by atoms with van der Waals surface area (Å²) in [6, 6.07) is 15.0. The van der Waals surface area contributed by atoms with E-state index in [2.05, 4.69) is 4.57 Å². The molecule has 3 heterocycles. The number of aromatic nitrogens is 3. The van der Waals surface area contributed by atoms with Crippen molar-refractivity contribution in [3.05, 3.63) is 85.6 Å². The summed E-state index contributed by atoms with van der Waals surface area (Å²) in [4.78, 5) is 26.3. The number of ether oxygens (including phenoxy) is 2. The maximum absolute atomic E-state index is 13.4. The van der Waals surface area contributed by atoms with E-state index in [1.807, 2.05) is 36.4 Å². The minimum absolute atomic E-state index is 0.339. The third-order valence-corrected chi connectivity index (χ3v) is 6.34. The molecule has 5 rings (SSSR count). The van der Waals surface area contributed by atoms with Crippen LogP contribution in [-0.2, 0) is 25.4 Å². The van der Waals surface area contributed by atoms with E-state index in [1.165, 1.54) is 11.6 Å². The average molecular weight is 452 g/mol. The summed E-state index contributed by atoms with van der Waals surface area (Å²) in [5.41, 5.74) is 3.05. The number of rotatable bonds is 3. The first-order chi connectivity index (χ1) is 15.4. The Hall–Kier alpha value is -3.29. The van der Waals surface area contributed by atoms with E-state index in [4.69, 9.17) is 21.1 Å². The van der Waals surface area contributed by atoms with Gasteiger partial charge in [-0.1, -0.05) is 41.9 Å². The Labute approximate surface area is 189 Å². The summed E-state index contributed by atoms with van der Waals surface area (Å²) in [5, 5.41) is 1.09. The molecule has 0 bridgehead atoms. The lowest BCUT2D eigenvalue weighted by atomic mass is 10.0. The van der Waals surface area contributed by atoms with Gasteiger partial charge in [0.1, 0.15) is 11.9 Å². The summed E-state index contributed by atoms with van der Waals surface area (Å²) in [7, 11) is 4.80. The SMILES string of the molecule is COc1ccccc1[C@@H]1OCCn2c(-c3ccc(Cl)cc3)c3c(=O)n(C)c(=O)n(C)c3c21. The van der Waals surface area contributed by atoms with Crippen LogP contribution in [0.15, 0.2) is 58.1 Å². The highest BCUT2D eigenvalue weighted by molar-refractivity contribution is 6.30. The van der Waals surface area contributed by atoms with Crippen LogP contribution >= 0.6 is 11.6 Å². The predicted octanol–water partition coefficient (Wildman–Crippen LogP) is 3.49. The molecule has 0 N–H and O–H groups in total. The molecule has 0 spiro atoms. The maximum Gasteiger partial charge on any atom is 0.331 e. The zero-order valence-electron chi connectivity index (χ0n) is 18.0. The molecule has 2 aromatic heterocycles. The minimum atomic E-state index is -0.499. The number of aryl methyl sites for hydroxylation is 1. The van der Waals surface area contributed by atoms with Gasteiger partial charge < -0.3 is 14.0 Å². The molecule has 0 fully saturated rings. The van der Waals surface area contributed by atoms with Crippen molar-refractivity contribution >= 4 is 22.5 Å². The zero-order valence-corrected chi connectivity index (χ0v) is 18.7. The standard InChI is InChI=1S/C24H22ClN3O4/c1-26-20-18(23(29)27(2)24(26)30)19(14-8-10-15(25)11-9-14)28-12-13-32-22(21(20)28)16-6-4-5-7-17(16)31-3/h4-11,22H,12-13H2,1-3H3/t22-/m0/s1. The topological polar surface area (TPSA) is 67.4 Å². The molecule has 0 saturated carbocycles. The molecule has 0 aliphatic carbocycles. The highest BCUT2D eigenvalue weighted by Gasteiger charge is 2.34. The van der Waals surface area contributed by atoms with Gasteiger partial charge in [0.2, 0.25) is 0 Å². The van der Waals surface area contributed by atoms with Gasteiger partial charge in [-0.2, -0.15) is 0 Å². The van der Waals surface area contributed by atoms with Crippen molar-refractivity contribution in [1.82, 2.24) is 13.7 Å². The summed E-state index contributed by atoms with van der Waals surface area (Å²) >= 11 is 6.12. The van der Waals surface area contributed by atoms with Crippen molar-refractivity contribution in [3.8, 4) is 17.0 Å². The van der Waals surface area contributed by atoms with Crippen LogP contribution in [0.1, 0.15) is 17.4 Å². The Bertz CT molecular complexity index is 1460. The average Bonchev–Trinajstić information content (AvgIpc) is 3.17.